The van der Waals surface area contributed by atoms with Crippen molar-refractivity contribution < 1.29 is 0 Å². The fourth-order valence-corrected chi connectivity index (χ4v) is 1.53. The van der Waals surface area contributed by atoms with Crippen LogP contribution in [0.3, 0.4) is 0 Å². The van der Waals surface area contributed by atoms with E-state index in [1.165, 1.54) is 0 Å². The second-order valence-corrected chi connectivity index (χ2v) is 4.42. The van der Waals surface area contributed by atoms with Gasteiger partial charge in [-0.25, -0.2) is 9.97 Å². The minimum Gasteiger partial charge on any atom is -0.257 e. The van der Waals surface area contributed by atoms with E-state index in [0.717, 1.165) is 11.4 Å². The normalized spacial score (nSPS) is 20.4. The van der Waals surface area contributed by atoms with Gasteiger partial charge in [-0.05, 0) is 5.41 Å². The molecule has 1 atom stereocenters. The Morgan fingerprint density at radius 1 is 1.31 bits per heavy atom. The van der Waals surface area contributed by atoms with Gasteiger partial charge in [-0.3, -0.25) is 4.99 Å². The summed E-state index contributed by atoms with van der Waals surface area (Å²) in [6.07, 6.45) is 5.33. The first-order chi connectivity index (χ1) is 6.09. The maximum atomic E-state index is 4.30. The van der Waals surface area contributed by atoms with Gasteiger partial charge in [0.2, 0.25) is 0 Å². The average molecular weight is 175 g/mol. The van der Waals surface area contributed by atoms with Crippen LogP contribution in [-0.4, -0.2) is 16.2 Å². The van der Waals surface area contributed by atoms with Crippen molar-refractivity contribution >= 4 is 11.9 Å². The lowest BCUT2D eigenvalue weighted by Crippen LogP contribution is -2.18. The average Bonchev–Trinajstić information content (AvgIpc) is 2.45. The van der Waals surface area contributed by atoms with Crippen LogP contribution >= 0.6 is 0 Å². The number of fused-ring (bicyclic) bond motifs is 1. The Hall–Kier alpha value is -1.25. The molecule has 13 heavy (non-hydrogen) atoms. The Morgan fingerprint density at radius 2 is 2.08 bits per heavy atom. The summed E-state index contributed by atoms with van der Waals surface area (Å²) in [4.78, 5) is 12.5. The van der Waals surface area contributed by atoms with E-state index in [4.69, 9.17) is 0 Å². The quantitative estimate of drug-likeness (QED) is 0.607. The minimum absolute atomic E-state index is 0.184. The zero-order valence-corrected chi connectivity index (χ0v) is 8.15. The van der Waals surface area contributed by atoms with Crippen LogP contribution in [0.5, 0.6) is 0 Å². The zero-order valence-electron chi connectivity index (χ0n) is 8.15. The van der Waals surface area contributed by atoms with E-state index in [1.807, 2.05) is 6.21 Å². The number of hydrogen-bond acceptors (Lipinski definition) is 3. The van der Waals surface area contributed by atoms with Crippen molar-refractivity contribution in [3.63, 3.8) is 0 Å². The molecule has 68 valence electrons. The molecule has 2 rings (SSSR count). The monoisotopic (exact) mass is 175 g/mol. The van der Waals surface area contributed by atoms with Crippen molar-refractivity contribution in [2.75, 3.05) is 0 Å². The third kappa shape index (κ3) is 1.34. The summed E-state index contributed by atoms with van der Waals surface area (Å²) in [6.45, 7) is 6.59. The first-order valence-electron chi connectivity index (χ1n) is 4.43. The SMILES string of the molecule is CC(C)(C)C1C=Nc2cncnc21. The largest absolute Gasteiger partial charge is 0.257 e. The Labute approximate surface area is 77.9 Å². The lowest BCUT2D eigenvalue weighted by Gasteiger charge is -2.24. The molecular weight excluding hydrogens is 162 g/mol. The Bertz CT molecular complexity index is 349. The van der Waals surface area contributed by atoms with Crippen molar-refractivity contribution in [3.05, 3.63) is 18.2 Å². The highest BCUT2D eigenvalue weighted by Gasteiger charge is 2.31. The summed E-state index contributed by atoms with van der Waals surface area (Å²) >= 11 is 0. The van der Waals surface area contributed by atoms with Crippen molar-refractivity contribution in [3.8, 4) is 0 Å². The van der Waals surface area contributed by atoms with Crippen LogP contribution in [0.25, 0.3) is 0 Å². The van der Waals surface area contributed by atoms with E-state index >= 15 is 0 Å². The Balaban J connectivity index is 2.45. The molecule has 0 amide bonds. The van der Waals surface area contributed by atoms with E-state index in [0.29, 0.717) is 5.92 Å². The number of nitrogens with zero attached hydrogens (tertiary/aromatic N) is 3. The maximum absolute atomic E-state index is 4.30. The molecule has 0 radical (unpaired) electrons. The molecule has 0 fully saturated rings. The van der Waals surface area contributed by atoms with E-state index in [-0.39, 0.29) is 5.41 Å². The van der Waals surface area contributed by atoms with Gasteiger partial charge in [0.1, 0.15) is 12.0 Å². The standard InChI is InChI=1S/C10H13N3/c1-10(2,3)7-4-12-8-5-11-6-13-9(7)8/h4-7H,1-3H3. The first-order valence-corrected chi connectivity index (χ1v) is 4.43. The molecular formula is C10H13N3. The van der Waals surface area contributed by atoms with E-state index < -0.39 is 0 Å². The molecule has 1 aromatic heterocycles. The van der Waals surface area contributed by atoms with Gasteiger partial charge in [-0.2, -0.15) is 0 Å². The molecule has 0 aliphatic carbocycles. The van der Waals surface area contributed by atoms with Crippen LogP contribution in [0.1, 0.15) is 32.4 Å². The lowest BCUT2D eigenvalue weighted by molar-refractivity contribution is 0.385. The molecule has 1 aliphatic heterocycles. The highest BCUT2D eigenvalue weighted by molar-refractivity contribution is 5.79. The van der Waals surface area contributed by atoms with Crippen LogP contribution in [0.4, 0.5) is 5.69 Å². The number of rotatable bonds is 0. The van der Waals surface area contributed by atoms with Crippen LogP contribution in [0.2, 0.25) is 0 Å². The summed E-state index contributed by atoms with van der Waals surface area (Å²) in [5, 5.41) is 0. The van der Waals surface area contributed by atoms with Gasteiger partial charge in [0.05, 0.1) is 11.9 Å². The topological polar surface area (TPSA) is 38.1 Å². The van der Waals surface area contributed by atoms with Gasteiger partial charge in [0.25, 0.3) is 0 Å². The minimum atomic E-state index is 0.184. The van der Waals surface area contributed by atoms with Crippen molar-refractivity contribution in [1.29, 1.82) is 0 Å². The molecule has 3 nitrogen and oxygen atoms in total. The molecule has 0 N–H and O–H groups in total. The van der Waals surface area contributed by atoms with Gasteiger partial charge in [-0.15, -0.1) is 0 Å². The molecule has 1 aromatic rings. The molecule has 0 spiro atoms. The summed E-state index contributed by atoms with van der Waals surface area (Å²) in [5.74, 6) is 0.325. The van der Waals surface area contributed by atoms with E-state index in [9.17, 15) is 0 Å². The second kappa shape index (κ2) is 2.62. The van der Waals surface area contributed by atoms with Crippen molar-refractivity contribution in [1.82, 2.24) is 9.97 Å². The van der Waals surface area contributed by atoms with Crippen LogP contribution < -0.4 is 0 Å². The van der Waals surface area contributed by atoms with Crippen LogP contribution in [0.15, 0.2) is 17.5 Å². The van der Waals surface area contributed by atoms with Crippen LogP contribution in [0, 0.1) is 5.41 Å². The Morgan fingerprint density at radius 3 is 2.77 bits per heavy atom. The van der Waals surface area contributed by atoms with E-state index in [2.05, 4.69) is 35.7 Å². The Kier molecular flexibility index (Phi) is 1.68. The number of aromatic nitrogens is 2. The van der Waals surface area contributed by atoms with Gasteiger partial charge in [0.15, 0.2) is 0 Å². The predicted molar refractivity (Wildman–Crippen MR) is 52.4 cm³/mol. The van der Waals surface area contributed by atoms with Gasteiger partial charge >= 0.3 is 0 Å². The molecule has 0 saturated heterocycles. The van der Waals surface area contributed by atoms with Crippen molar-refractivity contribution in [2.24, 2.45) is 10.4 Å². The number of aliphatic imine (C=N–C) groups is 1. The fourth-order valence-electron chi connectivity index (χ4n) is 1.53. The second-order valence-electron chi connectivity index (χ2n) is 4.42. The first kappa shape index (κ1) is 8.35. The zero-order chi connectivity index (χ0) is 9.47. The van der Waals surface area contributed by atoms with E-state index in [1.54, 1.807) is 12.5 Å². The molecule has 0 bridgehead atoms. The highest BCUT2D eigenvalue weighted by Crippen LogP contribution is 2.40. The summed E-state index contributed by atoms with van der Waals surface area (Å²) < 4.78 is 0. The number of hydrogen-bond donors (Lipinski definition) is 0. The lowest BCUT2D eigenvalue weighted by atomic mass is 9.80. The maximum Gasteiger partial charge on any atom is 0.115 e. The summed E-state index contributed by atoms with van der Waals surface area (Å²) in [5.41, 5.74) is 2.16. The molecule has 0 aromatic carbocycles. The van der Waals surface area contributed by atoms with Gasteiger partial charge in [0, 0.05) is 12.1 Å². The van der Waals surface area contributed by atoms with Gasteiger partial charge in [-0.1, -0.05) is 20.8 Å². The molecule has 1 unspecified atom stereocenters. The van der Waals surface area contributed by atoms with Crippen molar-refractivity contribution in [2.45, 2.75) is 26.7 Å². The summed E-state index contributed by atoms with van der Waals surface area (Å²) in [7, 11) is 0. The fraction of sp³-hybridized carbons (Fsp3) is 0.500. The molecule has 2 heterocycles. The third-order valence-electron chi connectivity index (χ3n) is 2.31. The molecule has 3 heteroatoms. The van der Waals surface area contributed by atoms with Crippen LogP contribution in [-0.2, 0) is 0 Å². The molecule has 0 saturated carbocycles. The van der Waals surface area contributed by atoms with Gasteiger partial charge < -0.3 is 0 Å². The smallest absolute Gasteiger partial charge is 0.115 e. The highest BCUT2D eigenvalue weighted by atomic mass is 14.9. The summed E-state index contributed by atoms with van der Waals surface area (Å²) in [6, 6.07) is 0. The predicted octanol–water partition coefficient (Wildman–Crippen LogP) is 2.32. The molecule has 1 aliphatic rings. The third-order valence-corrected chi connectivity index (χ3v) is 2.31.